The Morgan fingerprint density at radius 2 is 1.85 bits per heavy atom. The zero-order valence-electron chi connectivity index (χ0n) is 18.9. The summed E-state index contributed by atoms with van der Waals surface area (Å²) in [6.45, 7) is 2.81. The minimum absolute atomic E-state index is 0.000961. The summed E-state index contributed by atoms with van der Waals surface area (Å²) in [6, 6.07) is 20.7. The molecular formula is C27H25N3O4. The van der Waals surface area contributed by atoms with Crippen LogP contribution in [0.2, 0.25) is 0 Å². The van der Waals surface area contributed by atoms with Crippen molar-refractivity contribution in [2.24, 2.45) is 0 Å². The topological polar surface area (TPSA) is 79.0 Å². The molecule has 0 radical (unpaired) electrons. The summed E-state index contributed by atoms with van der Waals surface area (Å²) in [5, 5.41) is 2.90. The number of ether oxygens (including phenoxy) is 1. The number of nitrogens with zero attached hydrogens (tertiary/aromatic N) is 2. The van der Waals surface area contributed by atoms with Crippen LogP contribution in [0.3, 0.4) is 0 Å². The quantitative estimate of drug-likeness (QED) is 0.641. The zero-order chi connectivity index (χ0) is 23.7. The number of carbonyl (C=O) groups is 3. The van der Waals surface area contributed by atoms with Crippen molar-refractivity contribution in [2.75, 3.05) is 29.5 Å². The lowest BCUT2D eigenvalue weighted by Crippen LogP contribution is -2.45. The van der Waals surface area contributed by atoms with Crippen molar-refractivity contribution in [2.45, 2.75) is 19.9 Å². The largest absolute Gasteiger partial charge is 0.482 e. The van der Waals surface area contributed by atoms with Gasteiger partial charge in [-0.25, -0.2) is 0 Å². The van der Waals surface area contributed by atoms with Gasteiger partial charge in [-0.2, -0.15) is 0 Å². The molecule has 0 fully saturated rings. The number of rotatable bonds is 5. The summed E-state index contributed by atoms with van der Waals surface area (Å²) >= 11 is 0. The highest BCUT2D eigenvalue weighted by Gasteiger charge is 2.28. The summed E-state index contributed by atoms with van der Waals surface area (Å²) in [4.78, 5) is 41.1. The van der Waals surface area contributed by atoms with E-state index in [-0.39, 0.29) is 30.9 Å². The first-order chi connectivity index (χ1) is 16.5. The Kier molecular flexibility index (Phi) is 5.76. The second-order valence-corrected chi connectivity index (χ2v) is 8.55. The van der Waals surface area contributed by atoms with E-state index in [1.54, 1.807) is 12.1 Å². The highest BCUT2D eigenvalue weighted by atomic mass is 16.5. The van der Waals surface area contributed by atoms with Gasteiger partial charge in [-0.05, 0) is 54.8 Å². The number of nitrogens with one attached hydrogen (secondary N) is 1. The average Bonchev–Trinajstić information content (AvgIpc) is 3.27. The molecular weight excluding hydrogens is 430 g/mol. The monoisotopic (exact) mass is 455 g/mol. The lowest BCUT2D eigenvalue weighted by atomic mass is 10.1. The summed E-state index contributed by atoms with van der Waals surface area (Å²) < 4.78 is 5.43. The Bertz CT molecular complexity index is 1290. The van der Waals surface area contributed by atoms with Gasteiger partial charge >= 0.3 is 0 Å². The Labute approximate surface area is 197 Å². The highest BCUT2D eigenvalue weighted by molar-refractivity contribution is 6.07. The van der Waals surface area contributed by atoms with Crippen molar-refractivity contribution in [3.63, 3.8) is 0 Å². The lowest BCUT2D eigenvalue weighted by Gasteiger charge is -2.28. The molecule has 1 N–H and O–H groups in total. The summed E-state index contributed by atoms with van der Waals surface area (Å²) in [7, 11) is 0. The molecule has 2 aliphatic heterocycles. The summed E-state index contributed by atoms with van der Waals surface area (Å²) in [6.07, 6.45) is 0.772. The number of carbonyl (C=O) groups excluding carboxylic acids is 3. The van der Waals surface area contributed by atoms with Gasteiger partial charge < -0.3 is 15.0 Å². The number of hydrogen-bond acceptors (Lipinski definition) is 4. The molecule has 0 aromatic heterocycles. The van der Waals surface area contributed by atoms with Gasteiger partial charge in [-0.15, -0.1) is 0 Å². The van der Waals surface area contributed by atoms with Crippen molar-refractivity contribution >= 4 is 29.1 Å². The molecule has 3 aromatic rings. The Balaban J connectivity index is 1.23. The smallest absolute Gasteiger partial charge is 0.265 e. The minimum atomic E-state index is -0.248. The predicted octanol–water partition coefficient (Wildman–Crippen LogP) is 3.24. The first-order valence-electron chi connectivity index (χ1n) is 11.3. The number of aryl methyl sites for hydroxylation is 1. The van der Waals surface area contributed by atoms with Crippen LogP contribution in [0.1, 0.15) is 27.0 Å². The molecule has 0 aliphatic carbocycles. The summed E-state index contributed by atoms with van der Waals surface area (Å²) in [5.74, 6) is 0.101. The number of fused-ring (bicyclic) bond motifs is 2. The molecule has 7 nitrogen and oxygen atoms in total. The van der Waals surface area contributed by atoms with Crippen molar-refractivity contribution < 1.29 is 19.1 Å². The second kappa shape index (κ2) is 9.02. The van der Waals surface area contributed by atoms with Gasteiger partial charge in [-0.3, -0.25) is 19.3 Å². The molecule has 172 valence electrons. The van der Waals surface area contributed by atoms with Crippen LogP contribution in [0.25, 0.3) is 0 Å². The molecule has 34 heavy (non-hydrogen) atoms. The SMILES string of the molecule is Cc1cccc(C(=O)N2CCc3cc(CNC(=O)CN4C(=O)COc5ccccc54)ccc32)c1. The minimum Gasteiger partial charge on any atom is -0.482 e. The number of amides is 3. The molecule has 0 saturated heterocycles. The third-order valence-corrected chi connectivity index (χ3v) is 6.15. The van der Waals surface area contributed by atoms with Gasteiger partial charge in [0.05, 0.1) is 5.69 Å². The Morgan fingerprint density at radius 3 is 2.71 bits per heavy atom. The van der Waals surface area contributed by atoms with Crippen LogP contribution >= 0.6 is 0 Å². The molecule has 0 bridgehead atoms. The van der Waals surface area contributed by atoms with E-state index in [1.165, 1.54) is 4.90 Å². The maximum absolute atomic E-state index is 13.0. The molecule has 0 atom stereocenters. The number of benzene rings is 3. The standard InChI is InChI=1S/C27H25N3O4/c1-18-5-4-6-21(13-18)27(33)29-12-11-20-14-19(9-10-22(20)29)15-28-25(31)16-30-23-7-2-3-8-24(23)34-17-26(30)32/h2-10,13-14H,11-12,15-17H2,1H3,(H,28,31). The van der Waals surface area contributed by atoms with Crippen molar-refractivity contribution in [3.8, 4) is 5.75 Å². The maximum Gasteiger partial charge on any atom is 0.265 e. The fraction of sp³-hybridized carbons (Fsp3) is 0.222. The maximum atomic E-state index is 13.0. The van der Waals surface area contributed by atoms with E-state index in [0.29, 0.717) is 30.1 Å². The van der Waals surface area contributed by atoms with Gasteiger partial charge in [0.25, 0.3) is 11.8 Å². The van der Waals surface area contributed by atoms with Gasteiger partial charge in [0.2, 0.25) is 5.91 Å². The first kappa shape index (κ1) is 21.7. The normalized spacial score (nSPS) is 14.3. The van der Waals surface area contributed by atoms with Crippen LogP contribution in [-0.2, 0) is 22.6 Å². The van der Waals surface area contributed by atoms with Crippen LogP contribution in [0.5, 0.6) is 5.75 Å². The number of anilines is 2. The Morgan fingerprint density at radius 1 is 1.00 bits per heavy atom. The number of para-hydroxylation sites is 2. The third kappa shape index (κ3) is 4.24. The van der Waals surface area contributed by atoms with E-state index in [9.17, 15) is 14.4 Å². The van der Waals surface area contributed by atoms with Crippen LogP contribution in [0.15, 0.2) is 66.7 Å². The number of hydrogen-bond donors (Lipinski definition) is 1. The predicted molar refractivity (Wildman–Crippen MR) is 129 cm³/mol. The Hall–Kier alpha value is -4.13. The zero-order valence-corrected chi connectivity index (χ0v) is 18.9. The van der Waals surface area contributed by atoms with Crippen LogP contribution < -0.4 is 19.9 Å². The molecule has 3 amide bonds. The van der Waals surface area contributed by atoms with E-state index in [4.69, 9.17) is 4.74 Å². The van der Waals surface area contributed by atoms with E-state index < -0.39 is 0 Å². The lowest BCUT2D eigenvalue weighted by molar-refractivity contribution is -0.125. The third-order valence-electron chi connectivity index (χ3n) is 6.15. The van der Waals surface area contributed by atoms with Crippen molar-refractivity contribution in [1.82, 2.24) is 5.32 Å². The van der Waals surface area contributed by atoms with E-state index in [2.05, 4.69) is 5.32 Å². The van der Waals surface area contributed by atoms with Crippen LogP contribution in [0.4, 0.5) is 11.4 Å². The molecule has 2 heterocycles. The van der Waals surface area contributed by atoms with Gasteiger partial charge in [0, 0.05) is 24.3 Å². The molecule has 3 aromatic carbocycles. The van der Waals surface area contributed by atoms with E-state index in [1.807, 2.05) is 66.4 Å². The molecule has 7 heteroatoms. The van der Waals surface area contributed by atoms with Crippen LogP contribution in [-0.4, -0.2) is 37.4 Å². The molecule has 0 saturated carbocycles. The van der Waals surface area contributed by atoms with E-state index in [0.717, 1.165) is 28.8 Å². The molecule has 0 spiro atoms. The molecule has 5 rings (SSSR count). The van der Waals surface area contributed by atoms with Crippen molar-refractivity contribution in [3.05, 3.63) is 89.0 Å². The van der Waals surface area contributed by atoms with Gasteiger partial charge in [-0.1, -0.05) is 42.0 Å². The highest BCUT2D eigenvalue weighted by Crippen LogP contribution is 2.32. The van der Waals surface area contributed by atoms with Gasteiger partial charge in [0.15, 0.2) is 6.61 Å². The van der Waals surface area contributed by atoms with Crippen LogP contribution in [0, 0.1) is 6.92 Å². The van der Waals surface area contributed by atoms with Crippen molar-refractivity contribution in [1.29, 1.82) is 0 Å². The fourth-order valence-corrected chi connectivity index (χ4v) is 4.44. The second-order valence-electron chi connectivity index (χ2n) is 8.55. The van der Waals surface area contributed by atoms with E-state index >= 15 is 0 Å². The molecule has 0 unspecified atom stereocenters. The summed E-state index contributed by atoms with van der Waals surface area (Å²) in [5.41, 5.74) is 5.29. The average molecular weight is 456 g/mol. The molecule has 2 aliphatic rings. The fourth-order valence-electron chi connectivity index (χ4n) is 4.44. The van der Waals surface area contributed by atoms with Gasteiger partial charge in [0.1, 0.15) is 12.3 Å². The first-order valence-corrected chi connectivity index (χ1v) is 11.3.